The number of halogens is 6. The molecule has 0 fully saturated rings. The maximum Gasteiger partial charge on any atom is 0.574 e. The molecule has 0 atom stereocenters. The van der Waals surface area contributed by atoms with E-state index in [1.54, 1.807) is 0 Å². The lowest BCUT2D eigenvalue weighted by Crippen LogP contribution is -2.22. The van der Waals surface area contributed by atoms with Crippen LogP contribution in [-0.4, -0.2) is 11.3 Å². The molecule has 0 saturated heterocycles. The number of hydrogen-bond donors (Lipinski definition) is 1. The zero-order valence-electron chi connectivity index (χ0n) is 9.64. The van der Waals surface area contributed by atoms with E-state index >= 15 is 0 Å². The summed E-state index contributed by atoms with van der Waals surface area (Å²) in [7, 11) is 0. The predicted octanol–water partition coefficient (Wildman–Crippen LogP) is 2.52. The molecule has 0 aromatic carbocycles. The molecule has 0 unspecified atom stereocenters. The van der Waals surface area contributed by atoms with Gasteiger partial charge >= 0.3 is 12.5 Å². The van der Waals surface area contributed by atoms with Crippen molar-refractivity contribution in [2.45, 2.75) is 25.5 Å². The first-order chi connectivity index (χ1) is 9.08. The van der Waals surface area contributed by atoms with Crippen molar-refractivity contribution in [1.29, 1.82) is 5.26 Å². The molecule has 110 valence electrons. The summed E-state index contributed by atoms with van der Waals surface area (Å²) in [6, 6.07) is 2.25. The highest BCUT2D eigenvalue weighted by atomic mass is 19.4. The van der Waals surface area contributed by atoms with E-state index in [-0.39, 0.29) is 0 Å². The van der Waals surface area contributed by atoms with Crippen molar-refractivity contribution >= 4 is 0 Å². The highest BCUT2D eigenvalue weighted by Gasteiger charge is 2.38. The zero-order chi connectivity index (χ0) is 15.6. The fourth-order valence-electron chi connectivity index (χ4n) is 1.40. The average molecular weight is 299 g/mol. The van der Waals surface area contributed by atoms with E-state index in [1.165, 1.54) is 6.07 Å². The van der Waals surface area contributed by atoms with E-state index in [1.807, 2.05) is 0 Å². The molecule has 0 aliphatic rings. The van der Waals surface area contributed by atoms with Crippen LogP contribution < -0.4 is 10.5 Å². The number of alkyl halides is 6. The number of aromatic nitrogens is 1. The topological polar surface area (TPSA) is 71.9 Å². The van der Waals surface area contributed by atoms with Crippen LogP contribution in [0.1, 0.15) is 16.8 Å². The first-order valence-electron chi connectivity index (χ1n) is 5.01. The van der Waals surface area contributed by atoms with E-state index in [0.717, 1.165) is 6.07 Å². The van der Waals surface area contributed by atoms with Crippen LogP contribution in [0.4, 0.5) is 26.3 Å². The first kappa shape index (κ1) is 16.0. The Morgan fingerprint density at radius 1 is 1.20 bits per heavy atom. The molecule has 10 heteroatoms. The Morgan fingerprint density at radius 3 is 2.20 bits per heavy atom. The molecule has 0 spiro atoms. The van der Waals surface area contributed by atoms with E-state index in [4.69, 9.17) is 11.0 Å². The van der Waals surface area contributed by atoms with Gasteiger partial charge in [0.2, 0.25) is 5.88 Å². The van der Waals surface area contributed by atoms with Gasteiger partial charge in [-0.25, -0.2) is 4.98 Å². The van der Waals surface area contributed by atoms with Gasteiger partial charge in [-0.2, -0.15) is 18.4 Å². The van der Waals surface area contributed by atoms with Gasteiger partial charge in [0, 0.05) is 12.1 Å². The van der Waals surface area contributed by atoms with Crippen LogP contribution in [0.5, 0.6) is 5.88 Å². The standard InChI is InChI=1S/C10H7F6N3O/c11-9(12,13)7-6(4-18)3-5(1-2-17)8(19-7)20-10(14,15)16/h3H,1,4,18H2. The number of pyridine rings is 1. The molecule has 0 bridgehead atoms. The minimum atomic E-state index is -5.22. The summed E-state index contributed by atoms with van der Waals surface area (Å²) in [5.41, 5.74) is 2.60. The average Bonchev–Trinajstić information content (AvgIpc) is 2.27. The van der Waals surface area contributed by atoms with Crippen LogP contribution in [0.3, 0.4) is 0 Å². The van der Waals surface area contributed by atoms with Gasteiger partial charge in [-0.3, -0.25) is 0 Å². The van der Waals surface area contributed by atoms with Gasteiger partial charge in [-0.15, -0.1) is 13.2 Å². The lowest BCUT2D eigenvalue weighted by Gasteiger charge is -2.16. The van der Waals surface area contributed by atoms with Crippen LogP contribution in [-0.2, 0) is 19.1 Å². The highest BCUT2D eigenvalue weighted by molar-refractivity contribution is 5.37. The summed E-state index contributed by atoms with van der Waals surface area (Å²) in [6.45, 7) is -0.591. The largest absolute Gasteiger partial charge is 0.574 e. The second kappa shape index (κ2) is 5.54. The molecule has 1 heterocycles. The maximum atomic E-state index is 12.6. The Hall–Kier alpha value is -2.02. The smallest absolute Gasteiger partial charge is 0.388 e. The molecule has 2 N–H and O–H groups in total. The maximum absolute atomic E-state index is 12.6. The summed E-state index contributed by atoms with van der Waals surface area (Å²) >= 11 is 0. The minimum absolute atomic E-state index is 0.418. The van der Waals surface area contributed by atoms with Gasteiger partial charge in [-0.1, -0.05) is 0 Å². The molecule has 0 aliphatic carbocycles. The molecule has 4 nitrogen and oxygen atoms in total. The van der Waals surface area contributed by atoms with Crippen LogP contribution in [0.25, 0.3) is 0 Å². The third-order valence-electron chi connectivity index (χ3n) is 2.11. The minimum Gasteiger partial charge on any atom is -0.388 e. The van der Waals surface area contributed by atoms with Gasteiger partial charge in [-0.05, 0) is 11.6 Å². The van der Waals surface area contributed by atoms with E-state index in [2.05, 4.69) is 9.72 Å². The Balaban J connectivity index is 3.43. The normalized spacial score (nSPS) is 12.1. The summed E-state index contributed by atoms with van der Waals surface area (Å²) in [6.07, 6.45) is -10.8. The molecular weight excluding hydrogens is 292 g/mol. The Morgan fingerprint density at radius 2 is 1.80 bits per heavy atom. The number of nitrogens with zero attached hydrogens (tertiary/aromatic N) is 2. The Labute approximate surface area is 108 Å². The molecule has 0 amide bonds. The van der Waals surface area contributed by atoms with Crippen LogP contribution in [0, 0.1) is 11.3 Å². The molecule has 0 saturated carbocycles. The lowest BCUT2D eigenvalue weighted by molar-refractivity contribution is -0.276. The zero-order valence-corrected chi connectivity index (χ0v) is 9.64. The fraction of sp³-hybridized carbons (Fsp3) is 0.400. The van der Waals surface area contributed by atoms with Crippen molar-refractivity contribution in [1.82, 2.24) is 4.98 Å². The van der Waals surface area contributed by atoms with Crippen LogP contribution in [0.15, 0.2) is 6.07 Å². The van der Waals surface area contributed by atoms with Crippen molar-refractivity contribution in [2.24, 2.45) is 5.73 Å². The van der Waals surface area contributed by atoms with Crippen molar-refractivity contribution in [2.75, 3.05) is 0 Å². The lowest BCUT2D eigenvalue weighted by atomic mass is 10.1. The molecule has 0 radical (unpaired) electrons. The first-order valence-corrected chi connectivity index (χ1v) is 5.01. The van der Waals surface area contributed by atoms with Crippen LogP contribution in [0.2, 0.25) is 0 Å². The second-order valence-corrected chi connectivity index (χ2v) is 3.54. The monoisotopic (exact) mass is 299 g/mol. The summed E-state index contributed by atoms with van der Waals surface area (Å²) < 4.78 is 77.7. The SMILES string of the molecule is N#CCc1cc(CN)c(C(F)(F)F)nc1OC(F)(F)F. The summed E-state index contributed by atoms with van der Waals surface area (Å²) in [5.74, 6) is -1.30. The third-order valence-corrected chi connectivity index (χ3v) is 2.11. The molecule has 0 aliphatic heterocycles. The summed E-state index contributed by atoms with van der Waals surface area (Å²) in [4.78, 5) is 2.82. The van der Waals surface area contributed by atoms with Crippen molar-refractivity contribution in [3.8, 4) is 11.9 Å². The highest BCUT2D eigenvalue weighted by Crippen LogP contribution is 2.35. The van der Waals surface area contributed by atoms with Gasteiger partial charge in [0.25, 0.3) is 0 Å². The fourth-order valence-corrected chi connectivity index (χ4v) is 1.40. The van der Waals surface area contributed by atoms with Crippen molar-refractivity contribution < 1.29 is 31.1 Å². The molecule has 1 rings (SSSR count). The van der Waals surface area contributed by atoms with E-state index < -0.39 is 48.2 Å². The predicted molar refractivity (Wildman–Crippen MR) is 53.1 cm³/mol. The van der Waals surface area contributed by atoms with E-state index in [0.29, 0.717) is 0 Å². The molecule has 20 heavy (non-hydrogen) atoms. The van der Waals surface area contributed by atoms with Crippen molar-refractivity contribution in [3.63, 3.8) is 0 Å². The number of nitriles is 1. The third kappa shape index (κ3) is 3.99. The number of ether oxygens (including phenoxy) is 1. The quantitative estimate of drug-likeness (QED) is 0.870. The number of nitrogens with two attached hydrogens (primary N) is 1. The number of hydrogen-bond acceptors (Lipinski definition) is 4. The van der Waals surface area contributed by atoms with Gasteiger partial charge in [0.05, 0.1) is 12.5 Å². The molecule has 1 aromatic rings. The van der Waals surface area contributed by atoms with Gasteiger partial charge < -0.3 is 10.5 Å². The summed E-state index contributed by atoms with van der Waals surface area (Å²) in [5, 5.41) is 8.47. The van der Waals surface area contributed by atoms with Crippen molar-refractivity contribution in [3.05, 3.63) is 22.9 Å². The Bertz CT molecular complexity index is 532. The number of rotatable bonds is 3. The molecule has 1 aromatic heterocycles. The van der Waals surface area contributed by atoms with Gasteiger partial charge in [0.1, 0.15) is 0 Å². The second-order valence-electron chi connectivity index (χ2n) is 3.54. The van der Waals surface area contributed by atoms with Crippen LogP contribution >= 0.6 is 0 Å². The van der Waals surface area contributed by atoms with E-state index in [9.17, 15) is 26.3 Å². The Kier molecular flexibility index (Phi) is 4.44. The molecular formula is C10H7F6N3O. The van der Waals surface area contributed by atoms with Gasteiger partial charge in [0.15, 0.2) is 5.69 Å².